The molecule has 0 aromatic heterocycles. The molecule has 0 aliphatic carbocycles. The van der Waals surface area contributed by atoms with Gasteiger partial charge in [0.25, 0.3) is 5.78 Å². The first kappa shape index (κ1) is 28.7. The van der Waals surface area contributed by atoms with Crippen molar-refractivity contribution in [2.24, 2.45) is 5.92 Å². The summed E-state index contributed by atoms with van der Waals surface area (Å²) >= 11 is 17.7. The topological polar surface area (TPSA) is 75.3 Å². The molecule has 0 fully saturated rings. The Morgan fingerprint density at radius 1 is 0.914 bits per heavy atom. The van der Waals surface area contributed by atoms with Gasteiger partial charge in [-0.2, -0.15) is 13.2 Å². The van der Waals surface area contributed by atoms with Crippen LogP contribution in [0.25, 0.3) is 6.08 Å². The fraction of sp³-hybridized carbons (Fsp3) is 0.292. The number of carbonyl (C=O) groups excluding carboxylic acids is 3. The zero-order valence-electron chi connectivity index (χ0n) is 18.6. The van der Waals surface area contributed by atoms with Gasteiger partial charge in [-0.25, -0.2) is 0 Å². The number of alkyl halides is 3. The zero-order valence-corrected chi connectivity index (χ0v) is 20.9. The molecule has 0 heterocycles. The molecule has 2 atom stereocenters. The number of ketones is 1. The third-order valence-corrected chi connectivity index (χ3v) is 5.51. The van der Waals surface area contributed by atoms with Crippen molar-refractivity contribution in [3.05, 3.63) is 74.7 Å². The van der Waals surface area contributed by atoms with E-state index in [1.54, 1.807) is 36.4 Å². The summed E-state index contributed by atoms with van der Waals surface area (Å²) in [6.07, 6.45) is -2.64. The number of nitrogens with one attached hydrogen (secondary N) is 2. The van der Waals surface area contributed by atoms with Gasteiger partial charge in [0.1, 0.15) is 6.04 Å². The van der Waals surface area contributed by atoms with Gasteiger partial charge < -0.3 is 10.6 Å². The van der Waals surface area contributed by atoms with Crippen LogP contribution in [0.4, 0.5) is 13.2 Å². The number of rotatable bonds is 9. The lowest BCUT2D eigenvalue weighted by Gasteiger charge is -2.25. The Labute approximate surface area is 215 Å². The van der Waals surface area contributed by atoms with E-state index in [2.05, 4.69) is 10.6 Å². The highest BCUT2D eigenvalue weighted by Gasteiger charge is 2.45. The van der Waals surface area contributed by atoms with Crippen LogP contribution in [0.5, 0.6) is 0 Å². The van der Waals surface area contributed by atoms with Crippen molar-refractivity contribution in [3.63, 3.8) is 0 Å². The van der Waals surface area contributed by atoms with Gasteiger partial charge in [0.2, 0.25) is 11.8 Å². The van der Waals surface area contributed by atoms with Gasteiger partial charge in [-0.1, -0.05) is 60.8 Å². The summed E-state index contributed by atoms with van der Waals surface area (Å²) in [7, 11) is 0. The average molecular weight is 550 g/mol. The van der Waals surface area contributed by atoms with Gasteiger partial charge >= 0.3 is 6.18 Å². The van der Waals surface area contributed by atoms with E-state index in [-0.39, 0.29) is 6.42 Å². The quantitative estimate of drug-likeness (QED) is 0.397. The van der Waals surface area contributed by atoms with Gasteiger partial charge in [-0.15, -0.1) is 0 Å². The Kier molecular flexibility index (Phi) is 10.2. The number of amides is 2. The summed E-state index contributed by atoms with van der Waals surface area (Å²) in [4.78, 5) is 37.3. The van der Waals surface area contributed by atoms with Crippen LogP contribution in [0.3, 0.4) is 0 Å². The monoisotopic (exact) mass is 548 g/mol. The van der Waals surface area contributed by atoms with Gasteiger partial charge in [-0.05, 0) is 53.5 Å². The standard InChI is InChI=1S/C24H22Cl3F3N2O3/c1-13(2)21(22(34)24(28,29)30)32-23(35)19(11-14-3-6-16(25)7-4-14)31-20(33)8-5-15-9-17(26)12-18(27)10-15/h3-10,12-13,19,21H,11H2,1-2H3,(H,31,33)(H,32,35)/b8-5+/t19-,21-/m0/s1. The minimum atomic E-state index is -5.13. The third-order valence-electron chi connectivity index (χ3n) is 4.82. The van der Waals surface area contributed by atoms with E-state index in [1.165, 1.54) is 26.0 Å². The molecule has 2 amide bonds. The highest BCUT2D eigenvalue weighted by atomic mass is 35.5. The molecular weight excluding hydrogens is 528 g/mol. The summed E-state index contributed by atoms with van der Waals surface area (Å²) in [5, 5.41) is 5.76. The molecule has 35 heavy (non-hydrogen) atoms. The Hall–Kier alpha value is -2.55. The second-order valence-corrected chi connectivity index (χ2v) is 9.33. The first-order valence-corrected chi connectivity index (χ1v) is 11.5. The Balaban J connectivity index is 2.25. The van der Waals surface area contributed by atoms with Gasteiger partial charge in [-0.3, -0.25) is 14.4 Å². The molecule has 2 N–H and O–H groups in total. The number of hydrogen-bond acceptors (Lipinski definition) is 3. The molecule has 0 saturated heterocycles. The highest BCUT2D eigenvalue weighted by molar-refractivity contribution is 6.34. The van der Waals surface area contributed by atoms with Crippen molar-refractivity contribution in [3.8, 4) is 0 Å². The summed E-state index contributed by atoms with van der Waals surface area (Å²) in [6.45, 7) is 2.75. The fourth-order valence-electron chi connectivity index (χ4n) is 3.09. The van der Waals surface area contributed by atoms with Crippen LogP contribution in [0, 0.1) is 5.92 Å². The number of hydrogen-bond donors (Lipinski definition) is 2. The second kappa shape index (κ2) is 12.4. The van der Waals surface area contributed by atoms with E-state index >= 15 is 0 Å². The van der Waals surface area contributed by atoms with Crippen LogP contribution in [0.2, 0.25) is 15.1 Å². The van der Waals surface area contributed by atoms with Crippen LogP contribution >= 0.6 is 34.8 Å². The predicted molar refractivity (Wildman–Crippen MR) is 130 cm³/mol. The summed E-state index contributed by atoms with van der Waals surface area (Å²) in [5.41, 5.74) is 1.11. The predicted octanol–water partition coefficient (Wildman–Crippen LogP) is 5.66. The minimum Gasteiger partial charge on any atom is -0.344 e. The number of benzene rings is 2. The lowest BCUT2D eigenvalue weighted by molar-refractivity contribution is -0.175. The summed E-state index contributed by atoms with van der Waals surface area (Å²) < 4.78 is 39.0. The molecule has 11 heteroatoms. The maximum Gasteiger partial charge on any atom is 0.452 e. The fourth-order valence-corrected chi connectivity index (χ4v) is 3.76. The van der Waals surface area contributed by atoms with Crippen molar-refractivity contribution in [1.29, 1.82) is 0 Å². The molecule has 0 unspecified atom stereocenters. The maximum atomic E-state index is 13.0. The van der Waals surface area contributed by atoms with E-state index in [1.807, 2.05) is 0 Å². The molecule has 2 rings (SSSR count). The first-order chi connectivity index (χ1) is 16.3. The van der Waals surface area contributed by atoms with Gasteiger partial charge in [0.15, 0.2) is 0 Å². The average Bonchev–Trinajstić information content (AvgIpc) is 2.75. The molecule has 188 valence electrons. The largest absolute Gasteiger partial charge is 0.452 e. The summed E-state index contributed by atoms with van der Waals surface area (Å²) in [6, 6.07) is 7.91. The SMILES string of the molecule is CC(C)[C@H](NC(=O)[C@H](Cc1ccc(Cl)cc1)NC(=O)/C=C/c1cc(Cl)cc(Cl)c1)C(=O)C(F)(F)F. The van der Waals surface area contributed by atoms with Gasteiger partial charge in [0.05, 0.1) is 6.04 Å². The van der Waals surface area contributed by atoms with Crippen LogP contribution in [0.1, 0.15) is 25.0 Å². The van der Waals surface area contributed by atoms with E-state index in [4.69, 9.17) is 34.8 Å². The molecule has 2 aromatic rings. The molecule has 0 aliphatic heterocycles. The molecule has 5 nitrogen and oxygen atoms in total. The molecule has 0 aliphatic rings. The molecule has 0 spiro atoms. The van der Waals surface area contributed by atoms with Crippen molar-refractivity contribution in [2.45, 2.75) is 38.5 Å². The van der Waals surface area contributed by atoms with Crippen molar-refractivity contribution >= 4 is 58.5 Å². The Morgan fingerprint density at radius 3 is 2.00 bits per heavy atom. The lowest BCUT2D eigenvalue weighted by Crippen LogP contribution is -2.55. The molecule has 0 radical (unpaired) electrons. The Bertz CT molecular complexity index is 1080. The molecule has 0 saturated carbocycles. The van der Waals surface area contributed by atoms with Crippen LogP contribution in [-0.4, -0.2) is 35.9 Å². The molecule has 2 aromatic carbocycles. The second-order valence-electron chi connectivity index (χ2n) is 8.02. The summed E-state index contributed by atoms with van der Waals surface area (Å²) in [5.74, 6) is -4.55. The number of carbonyl (C=O) groups is 3. The number of Topliss-reactive ketones (excluding diaryl/α,β-unsaturated/α-hetero) is 1. The van der Waals surface area contributed by atoms with Crippen LogP contribution in [0.15, 0.2) is 48.5 Å². The van der Waals surface area contributed by atoms with E-state index < -0.39 is 41.8 Å². The number of halogens is 6. The highest BCUT2D eigenvalue weighted by Crippen LogP contribution is 2.22. The first-order valence-electron chi connectivity index (χ1n) is 10.4. The molecular formula is C24H22Cl3F3N2O3. The zero-order chi connectivity index (χ0) is 26.3. The van der Waals surface area contributed by atoms with Crippen molar-refractivity contribution in [2.75, 3.05) is 0 Å². The minimum absolute atomic E-state index is 0.0589. The van der Waals surface area contributed by atoms with Crippen molar-refractivity contribution < 1.29 is 27.6 Å². The van der Waals surface area contributed by atoms with Crippen LogP contribution < -0.4 is 10.6 Å². The van der Waals surface area contributed by atoms with Crippen molar-refractivity contribution in [1.82, 2.24) is 10.6 Å². The van der Waals surface area contributed by atoms with E-state index in [9.17, 15) is 27.6 Å². The Morgan fingerprint density at radius 2 is 1.49 bits per heavy atom. The smallest absolute Gasteiger partial charge is 0.344 e. The lowest BCUT2D eigenvalue weighted by atomic mass is 9.98. The molecule has 0 bridgehead atoms. The van der Waals surface area contributed by atoms with Crippen LogP contribution in [-0.2, 0) is 20.8 Å². The normalized spacial score (nSPS) is 13.5. The third kappa shape index (κ3) is 9.20. The van der Waals surface area contributed by atoms with E-state index in [0.29, 0.717) is 26.2 Å². The maximum absolute atomic E-state index is 13.0. The van der Waals surface area contributed by atoms with Gasteiger partial charge in [0, 0.05) is 27.6 Å². The van der Waals surface area contributed by atoms with E-state index in [0.717, 1.165) is 6.08 Å².